The number of nitrogens with two attached hydrogens (primary N) is 1. The first-order chi connectivity index (χ1) is 9.60. The van der Waals surface area contributed by atoms with Crippen LogP contribution in [0.4, 0.5) is 0 Å². The minimum atomic E-state index is 0.126. The quantitative estimate of drug-likeness (QED) is 0.879. The number of H-pyrrole nitrogens is 1. The highest BCUT2D eigenvalue weighted by molar-refractivity contribution is 5.99. The molecule has 1 amide bonds. The summed E-state index contributed by atoms with van der Waals surface area (Å²) >= 11 is 0. The van der Waals surface area contributed by atoms with Crippen LogP contribution in [0.1, 0.15) is 28.0 Å². The molecule has 2 aromatic rings. The molecule has 0 saturated carbocycles. The highest BCUT2D eigenvalue weighted by Crippen LogP contribution is 2.24. The predicted octanol–water partition coefficient (Wildman–Crippen LogP) is 2.21. The number of nitrogens with one attached hydrogen (secondary N) is 1. The maximum absolute atomic E-state index is 12.5. The Labute approximate surface area is 118 Å². The van der Waals surface area contributed by atoms with E-state index in [1.165, 1.54) is 5.56 Å². The van der Waals surface area contributed by atoms with Crippen molar-refractivity contribution in [1.82, 2.24) is 9.88 Å². The van der Waals surface area contributed by atoms with E-state index in [0.717, 1.165) is 41.7 Å². The Hall–Kier alpha value is -1.81. The molecule has 1 fully saturated rings. The van der Waals surface area contributed by atoms with Crippen LogP contribution < -0.4 is 5.73 Å². The molecule has 0 spiro atoms. The first-order valence-electron chi connectivity index (χ1n) is 7.18. The number of aromatic nitrogens is 1. The summed E-state index contributed by atoms with van der Waals surface area (Å²) in [7, 11) is 0. The lowest BCUT2D eigenvalue weighted by Gasteiger charge is -2.16. The second kappa shape index (κ2) is 4.94. The number of rotatable bonds is 2. The third-order valence-corrected chi connectivity index (χ3v) is 4.46. The molecule has 1 aliphatic heterocycles. The fraction of sp³-hybridized carbons (Fsp3) is 0.438. The summed E-state index contributed by atoms with van der Waals surface area (Å²) in [6, 6.07) is 5.92. The van der Waals surface area contributed by atoms with Crippen molar-refractivity contribution in [1.29, 1.82) is 0 Å². The molecule has 20 heavy (non-hydrogen) atoms. The van der Waals surface area contributed by atoms with Gasteiger partial charge in [-0.2, -0.15) is 0 Å². The number of fused-ring (bicyclic) bond motifs is 1. The highest BCUT2D eigenvalue weighted by Gasteiger charge is 2.26. The number of amides is 1. The van der Waals surface area contributed by atoms with Crippen molar-refractivity contribution in [2.75, 3.05) is 19.6 Å². The second-order valence-electron chi connectivity index (χ2n) is 5.78. The SMILES string of the molecule is Cc1[nH]c2ccc(C(=O)N3CCC(CN)C3)cc2c1C. The Balaban J connectivity index is 1.90. The third kappa shape index (κ3) is 2.10. The van der Waals surface area contributed by atoms with Gasteiger partial charge in [0.15, 0.2) is 0 Å². The van der Waals surface area contributed by atoms with Crippen LogP contribution >= 0.6 is 0 Å². The smallest absolute Gasteiger partial charge is 0.253 e. The number of carbonyl (C=O) groups excluding carboxylic acids is 1. The van der Waals surface area contributed by atoms with Crippen LogP contribution in [-0.4, -0.2) is 35.4 Å². The first kappa shape index (κ1) is 13.2. The van der Waals surface area contributed by atoms with Gasteiger partial charge in [0.25, 0.3) is 5.91 Å². The van der Waals surface area contributed by atoms with Gasteiger partial charge in [0.05, 0.1) is 0 Å². The van der Waals surface area contributed by atoms with Crippen molar-refractivity contribution in [3.63, 3.8) is 0 Å². The number of benzene rings is 1. The van der Waals surface area contributed by atoms with Gasteiger partial charge in [-0.15, -0.1) is 0 Å². The lowest BCUT2D eigenvalue weighted by molar-refractivity contribution is 0.0788. The molecule has 1 aromatic carbocycles. The molecule has 1 unspecified atom stereocenters. The monoisotopic (exact) mass is 271 g/mol. The Kier molecular flexibility index (Phi) is 3.26. The highest BCUT2D eigenvalue weighted by atomic mass is 16.2. The minimum absolute atomic E-state index is 0.126. The molecular weight excluding hydrogens is 250 g/mol. The molecule has 2 heterocycles. The molecule has 1 aliphatic rings. The molecule has 1 atom stereocenters. The first-order valence-corrected chi connectivity index (χ1v) is 7.18. The van der Waals surface area contributed by atoms with Crippen molar-refractivity contribution in [2.24, 2.45) is 11.7 Å². The van der Waals surface area contributed by atoms with Gasteiger partial charge < -0.3 is 15.6 Å². The van der Waals surface area contributed by atoms with Gasteiger partial charge in [-0.25, -0.2) is 0 Å². The molecule has 0 aliphatic carbocycles. The summed E-state index contributed by atoms with van der Waals surface area (Å²) in [4.78, 5) is 17.8. The standard InChI is InChI=1S/C16H21N3O/c1-10-11(2)18-15-4-3-13(7-14(10)15)16(20)19-6-5-12(8-17)9-19/h3-4,7,12,18H,5-6,8-9,17H2,1-2H3. The van der Waals surface area contributed by atoms with Crippen molar-refractivity contribution in [3.8, 4) is 0 Å². The van der Waals surface area contributed by atoms with Crippen LogP contribution in [0.25, 0.3) is 10.9 Å². The van der Waals surface area contributed by atoms with Gasteiger partial charge >= 0.3 is 0 Å². The van der Waals surface area contributed by atoms with E-state index in [9.17, 15) is 4.79 Å². The van der Waals surface area contributed by atoms with Gasteiger partial charge in [0.2, 0.25) is 0 Å². The Morgan fingerprint density at radius 1 is 1.45 bits per heavy atom. The maximum Gasteiger partial charge on any atom is 0.253 e. The van der Waals surface area contributed by atoms with Gasteiger partial charge in [0.1, 0.15) is 0 Å². The average molecular weight is 271 g/mol. The molecule has 3 N–H and O–H groups in total. The Morgan fingerprint density at radius 3 is 2.95 bits per heavy atom. The van der Waals surface area contributed by atoms with E-state index in [1.54, 1.807) is 0 Å². The van der Waals surface area contributed by atoms with Crippen LogP contribution in [0.15, 0.2) is 18.2 Å². The van der Waals surface area contributed by atoms with Gasteiger partial charge in [0, 0.05) is 35.2 Å². The Bertz CT molecular complexity index is 659. The number of hydrogen-bond donors (Lipinski definition) is 2. The predicted molar refractivity (Wildman–Crippen MR) is 80.8 cm³/mol. The zero-order valence-corrected chi connectivity index (χ0v) is 12.1. The minimum Gasteiger partial charge on any atom is -0.358 e. The van der Waals surface area contributed by atoms with Crippen molar-refractivity contribution in [2.45, 2.75) is 20.3 Å². The van der Waals surface area contributed by atoms with E-state index in [-0.39, 0.29) is 5.91 Å². The van der Waals surface area contributed by atoms with E-state index >= 15 is 0 Å². The van der Waals surface area contributed by atoms with E-state index in [2.05, 4.69) is 18.8 Å². The summed E-state index contributed by atoms with van der Waals surface area (Å²) in [5.74, 6) is 0.583. The van der Waals surface area contributed by atoms with Crippen molar-refractivity contribution in [3.05, 3.63) is 35.0 Å². The Morgan fingerprint density at radius 2 is 2.25 bits per heavy atom. The van der Waals surface area contributed by atoms with Gasteiger partial charge in [-0.1, -0.05) is 0 Å². The van der Waals surface area contributed by atoms with E-state index in [4.69, 9.17) is 5.73 Å². The zero-order chi connectivity index (χ0) is 14.3. The number of carbonyl (C=O) groups is 1. The van der Waals surface area contributed by atoms with Crippen LogP contribution in [0.2, 0.25) is 0 Å². The topological polar surface area (TPSA) is 62.1 Å². The van der Waals surface area contributed by atoms with Crippen LogP contribution in [0.5, 0.6) is 0 Å². The molecule has 1 aromatic heterocycles. The number of aromatic amines is 1. The lowest BCUT2D eigenvalue weighted by Crippen LogP contribution is -2.29. The maximum atomic E-state index is 12.5. The van der Waals surface area contributed by atoms with Gasteiger partial charge in [-0.05, 0) is 56.5 Å². The lowest BCUT2D eigenvalue weighted by atomic mass is 10.1. The summed E-state index contributed by atoms with van der Waals surface area (Å²) in [5.41, 5.74) is 9.94. The third-order valence-electron chi connectivity index (χ3n) is 4.46. The number of aryl methyl sites for hydroxylation is 2. The van der Waals surface area contributed by atoms with E-state index in [0.29, 0.717) is 12.5 Å². The van der Waals surface area contributed by atoms with Crippen molar-refractivity contribution < 1.29 is 4.79 Å². The molecule has 0 radical (unpaired) electrons. The zero-order valence-electron chi connectivity index (χ0n) is 12.1. The van der Waals surface area contributed by atoms with Crippen LogP contribution in [0, 0.1) is 19.8 Å². The number of hydrogen-bond acceptors (Lipinski definition) is 2. The summed E-state index contributed by atoms with van der Waals surface area (Å²) in [6.07, 6.45) is 1.02. The summed E-state index contributed by atoms with van der Waals surface area (Å²) < 4.78 is 0. The van der Waals surface area contributed by atoms with E-state index in [1.807, 2.05) is 23.1 Å². The normalized spacial score (nSPS) is 18.9. The molecule has 4 heteroatoms. The van der Waals surface area contributed by atoms with Crippen LogP contribution in [-0.2, 0) is 0 Å². The molecule has 3 rings (SSSR count). The van der Waals surface area contributed by atoms with E-state index < -0.39 is 0 Å². The van der Waals surface area contributed by atoms with Gasteiger partial charge in [-0.3, -0.25) is 4.79 Å². The molecular formula is C16H21N3O. The summed E-state index contributed by atoms with van der Waals surface area (Å²) in [6.45, 7) is 6.42. The van der Waals surface area contributed by atoms with Crippen molar-refractivity contribution >= 4 is 16.8 Å². The fourth-order valence-corrected chi connectivity index (χ4v) is 2.99. The van der Waals surface area contributed by atoms with Crippen LogP contribution in [0.3, 0.4) is 0 Å². The number of nitrogens with zero attached hydrogens (tertiary/aromatic N) is 1. The average Bonchev–Trinajstić information content (AvgIpc) is 3.04. The fourth-order valence-electron chi connectivity index (χ4n) is 2.99. The second-order valence-corrected chi connectivity index (χ2v) is 5.78. The largest absolute Gasteiger partial charge is 0.358 e. The molecule has 1 saturated heterocycles. The molecule has 4 nitrogen and oxygen atoms in total. The summed E-state index contributed by atoms with van der Waals surface area (Å²) in [5, 5.41) is 1.14. The number of likely N-dealkylation sites (tertiary alicyclic amines) is 1. The molecule has 106 valence electrons. The molecule has 0 bridgehead atoms.